The van der Waals surface area contributed by atoms with Crippen LogP contribution < -0.4 is 5.32 Å². The van der Waals surface area contributed by atoms with Gasteiger partial charge in [0, 0.05) is 11.6 Å². The van der Waals surface area contributed by atoms with Crippen molar-refractivity contribution in [3.8, 4) is 0 Å². The van der Waals surface area contributed by atoms with Gasteiger partial charge in [-0.05, 0) is 32.6 Å². The molecule has 1 fully saturated rings. The van der Waals surface area contributed by atoms with Gasteiger partial charge >= 0.3 is 0 Å². The average molecular weight is 167 g/mol. The topological polar surface area (TPSA) is 29.1 Å². The van der Waals surface area contributed by atoms with Gasteiger partial charge in [-0.25, -0.2) is 0 Å². The summed E-state index contributed by atoms with van der Waals surface area (Å²) in [6.07, 6.45) is 4.13. The van der Waals surface area contributed by atoms with Gasteiger partial charge in [0.2, 0.25) is 5.91 Å². The number of hydrogen-bond acceptors (Lipinski definition) is 1. The lowest BCUT2D eigenvalue weighted by Crippen LogP contribution is -2.43. The minimum Gasteiger partial charge on any atom is -0.350 e. The first-order valence-electron chi connectivity index (χ1n) is 4.57. The van der Waals surface area contributed by atoms with Crippen LogP contribution in [0.3, 0.4) is 0 Å². The molecule has 0 radical (unpaired) electrons. The highest BCUT2D eigenvalue weighted by molar-refractivity contribution is 5.92. The highest BCUT2D eigenvalue weighted by atomic mass is 16.1. The normalized spacial score (nSPS) is 29.4. The van der Waals surface area contributed by atoms with Crippen LogP contribution in [-0.4, -0.2) is 11.9 Å². The molecule has 0 aromatic heterocycles. The molecule has 0 aromatic rings. The molecule has 0 spiro atoms. The number of allylic oxidation sites excluding steroid dienone is 1. The van der Waals surface area contributed by atoms with Crippen molar-refractivity contribution in [2.75, 3.05) is 0 Å². The summed E-state index contributed by atoms with van der Waals surface area (Å²) >= 11 is 0. The molecule has 0 aromatic carbocycles. The Balaban J connectivity index is 2.28. The average Bonchev–Trinajstić information content (AvgIpc) is 2.00. The minimum absolute atomic E-state index is 0.0920. The number of nitrogens with one attached hydrogen (secondary N) is 1. The zero-order chi connectivity index (χ0) is 9.14. The van der Waals surface area contributed by atoms with Gasteiger partial charge in [-0.3, -0.25) is 4.79 Å². The molecule has 12 heavy (non-hydrogen) atoms. The third-order valence-electron chi connectivity index (χ3n) is 2.50. The number of hydrogen-bond donors (Lipinski definition) is 1. The van der Waals surface area contributed by atoms with Gasteiger partial charge in [-0.2, -0.15) is 0 Å². The summed E-state index contributed by atoms with van der Waals surface area (Å²) in [6, 6.07) is 0.433. The van der Waals surface area contributed by atoms with Crippen LogP contribution in [0.1, 0.15) is 33.6 Å². The second kappa shape index (κ2) is 3.74. The summed E-state index contributed by atoms with van der Waals surface area (Å²) in [5.41, 5.74) is 0.814. The lowest BCUT2D eigenvalue weighted by molar-refractivity contribution is -0.118. The fourth-order valence-corrected chi connectivity index (χ4v) is 1.45. The van der Waals surface area contributed by atoms with E-state index in [1.165, 1.54) is 0 Å². The maximum absolute atomic E-state index is 11.3. The summed E-state index contributed by atoms with van der Waals surface area (Å²) in [4.78, 5) is 11.3. The monoisotopic (exact) mass is 167 g/mol. The summed E-state index contributed by atoms with van der Waals surface area (Å²) in [5, 5.41) is 2.99. The standard InChI is InChI=1S/C10H17NO/c1-4-8(3)10(12)11-9-5-7(2)6-9/h4,7,9H,5-6H2,1-3H3,(H,11,12)/b8-4-. The van der Waals surface area contributed by atoms with Crippen molar-refractivity contribution < 1.29 is 4.79 Å². The Morgan fingerprint density at radius 1 is 1.50 bits per heavy atom. The van der Waals surface area contributed by atoms with E-state index < -0.39 is 0 Å². The second-order valence-corrected chi connectivity index (χ2v) is 3.72. The van der Waals surface area contributed by atoms with E-state index in [-0.39, 0.29) is 5.91 Å². The number of amides is 1. The first-order chi connectivity index (χ1) is 5.63. The van der Waals surface area contributed by atoms with E-state index >= 15 is 0 Å². The van der Waals surface area contributed by atoms with E-state index in [1.807, 2.05) is 19.9 Å². The zero-order valence-electron chi connectivity index (χ0n) is 8.05. The smallest absolute Gasteiger partial charge is 0.246 e. The second-order valence-electron chi connectivity index (χ2n) is 3.72. The summed E-state index contributed by atoms with van der Waals surface area (Å²) in [5.74, 6) is 0.885. The molecule has 0 aliphatic heterocycles. The molecule has 0 bridgehead atoms. The first kappa shape index (κ1) is 9.30. The van der Waals surface area contributed by atoms with E-state index in [0.717, 1.165) is 24.3 Å². The predicted octanol–water partition coefficient (Wildman–Crippen LogP) is 1.87. The third-order valence-corrected chi connectivity index (χ3v) is 2.50. The summed E-state index contributed by atoms with van der Waals surface area (Å²) in [7, 11) is 0. The summed E-state index contributed by atoms with van der Waals surface area (Å²) < 4.78 is 0. The molecule has 1 aliphatic rings. The van der Waals surface area contributed by atoms with Crippen molar-refractivity contribution in [1.29, 1.82) is 0 Å². The van der Waals surface area contributed by atoms with Gasteiger partial charge in [0.05, 0.1) is 0 Å². The van der Waals surface area contributed by atoms with Crippen molar-refractivity contribution in [2.45, 2.75) is 39.7 Å². The fraction of sp³-hybridized carbons (Fsp3) is 0.700. The number of carbonyl (C=O) groups is 1. The molecule has 2 heteroatoms. The molecule has 0 unspecified atom stereocenters. The Labute approximate surface area is 74.0 Å². The molecule has 1 aliphatic carbocycles. The SMILES string of the molecule is C/C=C(/C)C(=O)NC1CC(C)C1. The van der Waals surface area contributed by atoms with Crippen molar-refractivity contribution in [2.24, 2.45) is 5.92 Å². The molecule has 0 saturated heterocycles. The van der Waals surface area contributed by atoms with Crippen molar-refractivity contribution in [3.63, 3.8) is 0 Å². The van der Waals surface area contributed by atoms with Crippen LogP contribution in [0.15, 0.2) is 11.6 Å². The van der Waals surface area contributed by atoms with E-state index in [1.54, 1.807) is 0 Å². The van der Waals surface area contributed by atoms with E-state index in [2.05, 4.69) is 12.2 Å². The minimum atomic E-state index is 0.0920. The van der Waals surface area contributed by atoms with Gasteiger partial charge in [-0.1, -0.05) is 13.0 Å². The molecule has 68 valence electrons. The van der Waals surface area contributed by atoms with Crippen molar-refractivity contribution in [3.05, 3.63) is 11.6 Å². The van der Waals surface area contributed by atoms with Crippen LogP contribution in [0.4, 0.5) is 0 Å². The molecule has 1 amide bonds. The molecular weight excluding hydrogens is 150 g/mol. The van der Waals surface area contributed by atoms with Crippen LogP contribution >= 0.6 is 0 Å². The van der Waals surface area contributed by atoms with Gasteiger partial charge in [-0.15, -0.1) is 0 Å². The largest absolute Gasteiger partial charge is 0.350 e. The Morgan fingerprint density at radius 3 is 2.50 bits per heavy atom. The maximum atomic E-state index is 11.3. The van der Waals surface area contributed by atoms with Crippen LogP contribution in [0.5, 0.6) is 0 Å². The maximum Gasteiger partial charge on any atom is 0.246 e. The molecular formula is C10H17NO. The molecule has 1 rings (SSSR count). The van der Waals surface area contributed by atoms with E-state index in [4.69, 9.17) is 0 Å². The van der Waals surface area contributed by atoms with Gasteiger partial charge in [0.15, 0.2) is 0 Å². The molecule has 2 nitrogen and oxygen atoms in total. The van der Waals surface area contributed by atoms with Crippen LogP contribution in [0.2, 0.25) is 0 Å². The Hall–Kier alpha value is -0.790. The molecule has 0 atom stereocenters. The van der Waals surface area contributed by atoms with Gasteiger partial charge < -0.3 is 5.32 Å². The first-order valence-corrected chi connectivity index (χ1v) is 4.57. The quantitative estimate of drug-likeness (QED) is 0.625. The molecule has 1 N–H and O–H groups in total. The number of rotatable bonds is 2. The van der Waals surface area contributed by atoms with E-state index in [9.17, 15) is 4.79 Å². The van der Waals surface area contributed by atoms with Crippen molar-refractivity contribution in [1.82, 2.24) is 5.32 Å². The zero-order valence-corrected chi connectivity index (χ0v) is 8.05. The van der Waals surface area contributed by atoms with Crippen LogP contribution in [0, 0.1) is 5.92 Å². The van der Waals surface area contributed by atoms with Gasteiger partial charge in [0.25, 0.3) is 0 Å². The van der Waals surface area contributed by atoms with Gasteiger partial charge in [0.1, 0.15) is 0 Å². The van der Waals surface area contributed by atoms with Crippen LogP contribution in [0.25, 0.3) is 0 Å². The lowest BCUT2D eigenvalue weighted by Gasteiger charge is -2.33. The Morgan fingerprint density at radius 2 is 2.08 bits per heavy atom. The highest BCUT2D eigenvalue weighted by Crippen LogP contribution is 2.26. The van der Waals surface area contributed by atoms with Crippen molar-refractivity contribution >= 4 is 5.91 Å². The van der Waals surface area contributed by atoms with E-state index in [0.29, 0.717) is 6.04 Å². The fourth-order valence-electron chi connectivity index (χ4n) is 1.45. The highest BCUT2D eigenvalue weighted by Gasteiger charge is 2.26. The third kappa shape index (κ3) is 2.10. The predicted molar refractivity (Wildman–Crippen MR) is 49.8 cm³/mol. The van der Waals surface area contributed by atoms with Crippen LogP contribution in [-0.2, 0) is 4.79 Å². The molecule has 1 saturated carbocycles. The number of carbonyl (C=O) groups excluding carboxylic acids is 1. The summed E-state index contributed by atoms with van der Waals surface area (Å²) in [6.45, 7) is 5.95. The Bertz CT molecular complexity index is 202. The lowest BCUT2D eigenvalue weighted by atomic mass is 9.82. The molecule has 0 heterocycles. The Kier molecular flexibility index (Phi) is 2.90.